The van der Waals surface area contributed by atoms with Gasteiger partial charge in [-0.1, -0.05) is 74.5 Å². The van der Waals surface area contributed by atoms with Gasteiger partial charge in [0.25, 0.3) is 0 Å². The molecule has 0 aromatic carbocycles. The lowest BCUT2D eigenvalue weighted by molar-refractivity contribution is -0.250. The lowest BCUT2D eigenvalue weighted by atomic mass is 9.32. The Morgan fingerprint density at radius 2 is 1.33 bits per heavy atom. The fourth-order valence-corrected chi connectivity index (χ4v) is 12.8. The molecule has 8 heteroatoms. The van der Waals surface area contributed by atoms with Crippen LogP contribution >= 0.6 is 0 Å². The van der Waals surface area contributed by atoms with E-state index in [9.17, 15) is 24.6 Å². The molecule has 300 valence electrons. The average Bonchev–Trinajstić information content (AvgIpc) is 3.46. The Labute approximate surface area is 317 Å². The van der Waals surface area contributed by atoms with Gasteiger partial charge in [0.15, 0.2) is 0 Å². The quantitative estimate of drug-likeness (QED) is 0.130. The molecule has 0 amide bonds. The predicted octanol–water partition coefficient (Wildman–Crippen LogP) is 9.37. The first-order chi connectivity index (χ1) is 24.1. The van der Waals surface area contributed by atoms with E-state index >= 15 is 0 Å². The number of hydrogen-bond donors (Lipinski definition) is 4. The molecule has 0 spiro atoms. The summed E-state index contributed by atoms with van der Waals surface area (Å²) in [5.74, 6) is -0.165. The number of rotatable bonds is 10. The molecular formula is C44H78N2O6. The molecule has 8 nitrogen and oxygen atoms in total. The summed E-state index contributed by atoms with van der Waals surface area (Å²) in [5, 5.41) is 26.3. The molecule has 5 aliphatic rings. The van der Waals surface area contributed by atoms with Crippen molar-refractivity contribution in [1.82, 2.24) is 10.6 Å². The van der Waals surface area contributed by atoms with Crippen molar-refractivity contribution >= 4 is 17.9 Å². The summed E-state index contributed by atoms with van der Waals surface area (Å²) >= 11 is 0. The van der Waals surface area contributed by atoms with E-state index in [1.807, 2.05) is 0 Å². The maximum absolute atomic E-state index is 12.9. The Balaban J connectivity index is 0.000000644. The van der Waals surface area contributed by atoms with Gasteiger partial charge in [-0.2, -0.15) is 0 Å². The van der Waals surface area contributed by atoms with Gasteiger partial charge in [-0.25, -0.2) is 0 Å². The number of carbonyl (C=O) groups is 3. The second-order valence-corrected chi connectivity index (χ2v) is 19.3. The van der Waals surface area contributed by atoms with Crippen molar-refractivity contribution in [3.8, 4) is 0 Å². The molecule has 0 unspecified atom stereocenters. The van der Waals surface area contributed by atoms with E-state index < -0.39 is 28.7 Å². The van der Waals surface area contributed by atoms with E-state index in [0.29, 0.717) is 23.7 Å². The third-order valence-electron chi connectivity index (χ3n) is 15.9. The van der Waals surface area contributed by atoms with E-state index in [1.165, 1.54) is 0 Å². The number of ether oxygens (including phenoxy) is 1. The largest absolute Gasteiger partial charge is 0.481 e. The number of allylic oxidation sites excluding steroid dienone is 1. The fraction of sp³-hybridized carbons (Fsp3) is 0.886. The van der Waals surface area contributed by atoms with Crippen LogP contribution < -0.4 is 10.6 Å². The van der Waals surface area contributed by atoms with Crippen LogP contribution in [0.1, 0.15) is 154 Å². The first kappa shape index (κ1) is 44.5. The van der Waals surface area contributed by atoms with Crippen LogP contribution in [-0.4, -0.2) is 60.4 Å². The van der Waals surface area contributed by atoms with Crippen LogP contribution in [0.25, 0.3) is 0 Å². The van der Waals surface area contributed by atoms with Crippen molar-refractivity contribution in [3.63, 3.8) is 0 Å². The van der Waals surface area contributed by atoms with E-state index in [1.54, 1.807) is 13.8 Å². The molecule has 10 atom stereocenters. The number of nitrogens with one attached hydrogen (secondary N) is 2. The number of hydrogen-bond acceptors (Lipinski definition) is 6. The van der Waals surface area contributed by atoms with Crippen molar-refractivity contribution in [2.24, 2.45) is 62.1 Å². The molecule has 5 rings (SSSR count). The van der Waals surface area contributed by atoms with Crippen molar-refractivity contribution in [2.75, 3.05) is 26.2 Å². The zero-order valence-electron chi connectivity index (χ0n) is 35.3. The smallest absolute Gasteiger partial charge is 0.309 e. The summed E-state index contributed by atoms with van der Waals surface area (Å²) < 4.78 is 6.10. The SMILES string of the molecule is C=C(C)[C@@H]1CC[C@]2(C(=O)O)CC[C@]3(C)[C@H](CC[C@@H]4[C@@]5(C)CC[C@H](OC(=O)CC(C)(C)C(=O)O)C(C)(C)[C@@H]5CC[C@]43C)[C@@H]12.CCNCC.CCNCC. The number of aliphatic carboxylic acids is 2. The van der Waals surface area contributed by atoms with Gasteiger partial charge in [-0.3, -0.25) is 14.4 Å². The van der Waals surface area contributed by atoms with Crippen LogP contribution in [0.4, 0.5) is 0 Å². The molecule has 5 aliphatic carbocycles. The molecule has 0 heterocycles. The van der Waals surface area contributed by atoms with Gasteiger partial charge < -0.3 is 25.6 Å². The molecule has 0 bridgehead atoms. The maximum Gasteiger partial charge on any atom is 0.309 e. The standard InChI is InChI=1S/C36H56O6.2C4H11N/c1-21(2)22-12-17-36(30(40)41)19-18-34(8)23(28(22)36)10-11-25-33(7)15-14-26(42-27(37)20-31(3,4)29(38)39)32(5,6)24(33)13-16-35(25,34)9;2*1-3-5-4-2/h22-26,28H,1,10-20H2,2-9H3,(H,38,39)(H,40,41);2*5H,3-4H2,1-2H3/t22-,23+,24-,25+,26-,28+,33-,34+,35+,36-;;/m0../s1. The molecule has 0 saturated heterocycles. The Bertz CT molecular complexity index is 1270. The van der Waals surface area contributed by atoms with Crippen LogP contribution in [0.3, 0.4) is 0 Å². The fourth-order valence-electron chi connectivity index (χ4n) is 12.8. The van der Waals surface area contributed by atoms with Gasteiger partial charge in [0.05, 0.1) is 17.3 Å². The van der Waals surface area contributed by atoms with Gasteiger partial charge in [0.2, 0.25) is 0 Å². The Morgan fingerprint density at radius 3 is 1.81 bits per heavy atom. The summed E-state index contributed by atoms with van der Waals surface area (Å²) in [7, 11) is 0. The highest BCUT2D eigenvalue weighted by Gasteiger charge is 2.72. The zero-order chi connectivity index (χ0) is 39.5. The Hall–Kier alpha value is -1.93. The highest BCUT2D eigenvalue weighted by molar-refractivity contribution is 5.81. The van der Waals surface area contributed by atoms with E-state index in [2.05, 4.69) is 86.4 Å². The second kappa shape index (κ2) is 16.8. The molecule has 0 radical (unpaired) electrons. The van der Waals surface area contributed by atoms with Crippen LogP contribution in [-0.2, 0) is 19.1 Å². The maximum atomic E-state index is 12.9. The van der Waals surface area contributed by atoms with Crippen LogP contribution in [0, 0.1) is 62.1 Å². The first-order valence-corrected chi connectivity index (χ1v) is 20.8. The molecule has 5 fully saturated rings. The summed E-state index contributed by atoms with van der Waals surface area (Å²) in [4.78, 5) is 37.5. The minimum Gasteiger partial charge on any atom is -0.481 e. The predicted molar refractivity (Wildman–Crippen MR) is 211 cm³/mol. The lowest BCUT2D eigenvalue weighted by Crippen LogP contribution is -2.67. The van der Waals surface area contributed by atoms with Gasteiger partial charge in [0.1, 0.15) is 6.10 Å². The van der Waals surface area contributed by atoms with Crippen molar-refractivity contribution < 1.29 is 29.3 Å². The summed E-state index contributed by atoms with van der Waals surface area (Å²) in [5.41, 5.74) is -0.477. The number of esters is 1. The molecule has 0 aromatic heterocycles. The Kier molecular flexibility index (Phi) is 14.4. The summed E-state index contributed by atoms with van der Waals surface area (Å²) in [6, 6.07) is 0. The van der Waals surface area contributed by atoms with Gasteiger partial charge in [-0.15, -0.1) is 0 Å². The van der Waals surface area contributed by atoms with E-state index in [-0.39, 0.29) is 40.1 Å². The molecule has 0 aliphatic heterocycles. The molecular weight excluding hydrogens is 652 g/mol. The van der Waals surface area contributed by atoms with Crippen LogP contribution in [0.5, 0.6) is 0 Å². The van der Waals surface area contributed by atoms with Crippen molar-refractivity contribution in [3.05, 3.63) is 12.2 Å². The summed E-state index contributed by atoms with van der Waals surface area (Å²) in [6.45, 7) is 34.5. The minimum absolute atomic E-state index is 0.0847. The Morgan fingerprint density at radius 1 is 0.750 bits per heavy atom. The number of carboxylic acids is 2. The van der Waals surface area contributed by atoms with Crippen LogP contribution in [0.15, 0.2) is 12.2 Å². The average molecular weight is 731 g/mol. The van der Waals surface area contributed by atoms with Crippen LogP contribution in [0.2, 0.25) is 0 Å². The van der Waals surface area contributed by atoms with Gasteiger partial charge in [0, 0.05) is 5.41 Å². The van der Waals surface area contributed by atoms with Gasteiger partial charge >= 0.3 is 17.9 Å². The number of carboxylic acid groups (broad SMARTS) is 2. The monoisotopic (exact) mass is 731 g/mol. The summed E-state index contributed by atoms with van der Waals surface area (Å²) in [6.07, 6.45) is 9.38. The lowest BCUT2D eigenvalue weighted by Gasteiger charge is -2.72. The highest BCUT2D eigenvalue weighted by Crippen LogP contribution is 2.77. The van der Waals surface area contributed by atoms with Gasteiger partial charge in [-0.05, 0) is 157 Å². The number of carbonyl (C=O) groups excluding carboxylic acids is 1. The van der Waals surface area contributed by atoms with E-state index in [0.717, 1.165) is 96.0 Å². The third-order valence-corrected chi connectivity index (χ3v) is 15.9. The molecule has 4 N–H and O–H groups in total. The molecule has 5 saturated carbocycles. The second-order valence-electron chi connectivity index (χ2n) is 19.3. The van der Waals surface area contributed by atoms with Crippen molar-refractivity contribution in [1.29, 1.82) is 0 Å². The van der Waals surface area contributed by atoms with Crippen molar-refractivity contribution in [2.45, 2.75) is 160 Å². The van der Waals surface area contributed by atoms with E-state index in [4.69, 9.17) is 4.74 Å². The minimum atomic E-state index is -1.15. The first-order valence-electron chi connectivity index (χ1n) is 20.8. The topological polar surface area (TPSA) is 125 Å². The molecule has 52 heavy (non-hydrogen) atoms. The third kappa shape index (κ3) is 7.91. The zero-order valence-corrected chi connectivity index (χ0v) is 35.3. The number of fused-ring (bicyclic) bond motifs is 7. The molecule has 0 aromatic rings. The highest BCUT2D eigenvalue weighted by atomic mass is 16.5. The normalized spacial score (nSPS) is 38.7.